The average molecular weight is 321 g/mol. The number of rotatable bonds is 2. The summed E-state index contributed by atoms with van der Waals surface area (Å²) in [6.45, 7) is 2.08. The molecule has 1 saturated heterocycles. The van der Waals surface area contributed by atoms with Crippen LogP contribution in [-0.4, -0.2) is 20.4 Å². The number of hydrogen-bond donors (Lipinski definition) is 2. The maximum Gasteiger partial charge on any atom is 0.234 e. The summed E-state index contributed by atoms with van der Waals surface area (Å²) in [5, 5.41) is 0. The second-order valence-electron chi connectivity index (χ2n) is 6.33. The molecule has 4 rings (SSSR count). The summed E-state index contributed by atoms with van der Waals surface area (Å²) >= 11 is 0. The van der Waals surface area contributed by atoms with E-state index >= 15 is 0 Å². The molecule has 24 heavy (non-hydrogen) atoms. The van der Waals surface area contributed by atoms with Gasteiger partial charge in [-0.3, -0.25) is 15.2 Å². The molecule has 1 fully saturated rings. The van der Waals surface area contributed by atoms with Gasteiger partial charge in [0.2, 0.25) is 5.91 Å². The van der Waals surface area contributed by atoms with E-state index in [2.05, 4.69) is 45.5 Å². The van der Waals surface area contributed by atoms with Gasteiger partial charge in [-0.1, -0.05) is 13.0 Å². The van der Waals surface area contributed by atoms with Gasteiger partial charge in [0.25, 0.3) is 0 Å². The fourth-order valence-corrected chi connectivity index (χ4v) is 3.34. The summed E-state index contributed by atoms with van der Waals surface area (Å²) in [6, 6.07) is 10.3. The van der Waals surface area contributed by atoms with E-state index in [-0.39, 0.29) is 17.9 Å². The van der Waals surface area contributed by atoms with Gasteiger partial charge >= 0.3 is 0 Å². The van der Waals surface area contributed by atoms with Crippen LogP contribution in [0.5, 0.6) is 0 Å². The van der Waals surface area contributed by atoms with Gasteiger partial charge in [-0.05, 0) is 35.7 Å². The Bertz CT molecular complexity index is 902. The van der Waals surface area contributed by atoms with Crippen molar-refractivity contribution in [1.82, 2.24) is 25.4 Å². The summed E-state index contributed by atoms with van der Waals surface area (Å²) in [6.07, 6.45) is 4.08. The number of hydrogen-bond acceptors (Lipinski definition) is 4. The Labute approximate surface area is 139 Å². The summed E-state index contributed by atoms with van der Waals surface area (Å²) in [4.78, 5) is 20.3. The van der Waals surface area contributed by atoms with Crippen LogP contribution in [0.15, 0.2) is 42.7 Å². The van der Waals surface area contributed by atoms with E-state index in [1.165, 1.54) is 0 Å². The highest BCUT2D eigenvalue weighted by Gasteiger charge is 2.27. The standard InChI is InChI=1S/C18H19N5O/c1-11-9-16(24)21-22-17(11)13-3-4-15-14(10-13)20-18(23(15)2)12-5-7-19-8-6-12/h3-8,10-11,17,22H,9H2,1-2H3,(H,21,24). The molecule has 2 unspecified atom stereocenters. The van der Waals surface area contributed by atoms with E-state index in [0.717, 1.165) is 28.0 Å². The number of carbonyl (C=O) groups is 1. The number of carbonyl (C=O) groups excluding carboxylic acids is 1. The van der Waals surface area contributed by atoms with Crippen molar-refractivity contribution in [2.75, 3.05) is 0 Å². The lowest BCUT2D eigenvalue weighted by Gasteiger charge is -2.30. The number of aromatic nitrogens is 3. The number of amides is 1. The Balaban J connectivity index is 1.75. The molecule has 2 atom stereocenters. The number of aryl methyl sites for hydroxylation is 1. The number of nitrogens with one attached hydrogen (secondary N) is 2. The summed E-state index contributed by atoms with van der Waals surface area (Å²) < 4.78 is 2.09. The lowest BCUT2D eigenvalue weighted by molar-refractivity contribution is -0.125. The Morgan fingerprint density at radius 3 is 2.75 bits per heavy atom. The van der Waals surface area contributed by atoms with Crippen molar-refractivity contribution < 1.29 is 4.79 Å². The van der Waals surface area contributed by atoms with Crippen LogP contribution in [0.4, 0.5) is 0 Å². The van der Waals surface area contributed by atoms with Gasteiger partial charge in [0.15, 0.2) is 0 Å². The van der Waals surface area contributed by atoms with Crippen LogP contribution in [0.2, 0.25) is 0 Å². The normalized spacial score (nSPS) is 21.0. The van der Waals surface area contributed by atoms with Crippen LogP contribution >= 0.6 is 0 Å². The largest absolute Gasteiger partial charge is 0.327 e. The third-order valence-corrected chi connectivity index (χ3v) is 4.65. The highest BCUT2D eigenvalue weighted by atomic mass is 16.2. The molecule has 0 aliphatic carbocycles. The maximum atomic E-state index is 11.5. The fourth-order valence-electron chi connectivity index (χ4n) is 3.34. The minimum absolute atomic E-state index is 0.0395. The third kappa shape index (κ3) is 2.45. The number of fused-ring (bicyclic) bond motifs is 1. The Morgan fingerprint density at radius 2 is 2.00 bits per heavy atom. The molecule has 0 bridgehead atoms. The van der Waals surface area contributed by atoms with E-state index in [4.69, 9.17) is 4.98 Å². The predicted molar refractivity (Wildman–Crippen MR) is 91.7 cm³/mol. The van der Waals surface area contributed by atoms with Crippen molar-refractivity contribution in [3.05, 3.63) is 48.3 Å². The van der Waals surface area contributed by atoms with Crippen molar-refractivity contribution >= 4 is 16.9 Å². The molecule has 122 valence electrons. The fraction of sp³-hybridized carbons (Fsp3) is 0.278. The van der Waals surface area contributed by atoms with E-state index < -0.39 is 0 Å². The van der Waals surface area contributed by atoms with Gasteiger partial charge in [0.1, 0.15) is 5.82 Å². The first-order valence-electron chi connectivity index (χ1n) is 8.04. The second kappa shape index (κ2) is 5.72. The Kier molecular flexibility index (Phi) is 3.54. The highest BCUT2D eigenvalue weighted by Crippen LogP contribution is 2.30. The monoisotopic (exact) mass is 321 g/mol. The number of imidazole rings is 1. The molecule has 0 saturated carbocycles. The molecular formula is C18H19N5O. The maximum absolute atomic E-state index is 11.5. The predicted octanol–water partition coefficient (Wildman–Crippen LogP) is 2.34. The molecule has 2 N–H and O–H groups in total. The van der Waals surface area contributed by atoms with Crippen molar-refractivity contribution in [2.45, 2.75) is 19.4 Å². The third-order valence-electron chi connectivity index (χ3n) is 4.65. The zero-order valence-corrected chi connectivity index (χ0v) is 13.7. The van der Waals surface area contributed by atoms with Crippen LogP contribution in [0, 0.1) is 5.92 Å². The van der Waals surface area contributed by atoms with Crippen molar-refractivity contribution in [1.29, 1.82) is 0 Å². The molecule has 0 radical (unpaired) electrons. The summed E-state index contributed by atoms with van der Waals surface area (Å²) in [5.41, 5.74) is 10.1. The van der Waals surface area contributed by atoms with E-state index in [1.807, 2.05) is 19.2 Å². The molecule has 1 aromatic carbocycles. The molecular weight excluding hydrogens is 302 g/mol. The zero-order chi connectivity index (χ0) is 16.7. The molecule has 6 heteroatoms. The molecule has 0 spiro atoms. The van der Waals surface area contributed by atoms with Gasteiger partial charge < -0.3 is 4.57 Å². The minimum Gasteiger partial charge on any atom is -0.327 e. The van der Waals surface area contributed by atoms with Crippen LogP contribution in [0.1, 0.15) is 24.9 Å². The molecule has 1 amide bonds. The average Bonchev–Trinajstić information content (AvgIpc) is 2.92. The van der Waals surface area contributed by atoms with E-state index in [1.54, 1.807) is 12.4 Å². The summed E-state index contributed by atoms with van der Waals surface area (Å²) in [7, 11) is 2.02. The van der Waals surface area contributed by atoms with E-state index in [9.17, 15) is 4.79 Å². The number of hydrazine groups is 1. The Hall–Kier alpha value is -2.73. The molecule has 2 aromatic heterocycles. The SMILES string of the molecule is CC1CC(=O)NNC1c1ccc2c(c1)nc(-c1ccncc1)n2C. The smallest absolute Gasteiger partial charge is 0.234 e. The van der Waals surface area contributed by atoms with Gasteiger partial charge in [0.05, 0.1) is 17.1 Å². The van der Waals surface area contributed by atoms with Gasteiger partial charge in [-0.25, -0.2) is 10.4 Å². The van der Waals surface area contributed by atoms with Crippen molar-refractivity contribution in [2.24, 2.45) is 13.0 Å². The van der Waals surface area contributed by atoms with Crippen LogP contribution in [0.3, 0.4) is 0 Å². The van der Waals surface area contributed by atoms with Gasteiger partial charge in [-0.2, -0.15) is 0 Å². The number of nitrogens with zero attached hydrogens (tertiary/aromatic N) is 3. The topological polar surface area (TPSA) is 71.8 Å². The van der Waals surface area contributed by atoms with Crippen LogP contribution < -0.4 is 10.9 Å². The minimum atomic E-state index is 0.0395. The first kappa shape index (κ1) is 14.8. The lowest BCUT2D eigenvalue weighted by atomic mass is 9.90. The molecule has 3 aromatic rings. The van der Waals surface area contributed by atoms with Gasteiger partial charge in [0, 0.05) is 31.4 Å². The summed E-state index contributed by atoms with van der Waals surface area (Å²) in [5.74, 6) is 1.19. The van der Waals surface area contributed by atoms with Crippen molar-refractivity contribution in [3.8, 4) is 11.4 Å². The van der Waals surface area contributed by atoms with E-state index in [0.29, 0.717) is 6.42 Å². The zero-order valence-electron chi connectivity index (χ0n) is 13.7. The lowest BCUT2D eigenvalue weighted by Crippen LogP contribution is -2.48. The molecule has 1 aliphatic heterocycles. The highest BCUT2D eigenvalue weighted by molar-refractivity contribution is 5.81. The Morgan fingerprint density at radius 1 is 1.21 bits per heavy atom. The van der Waals surface area contributed by atoms with Crippen LogP contribution in [-0.2, 0) is 11.8 Å². The van der Waals surface area contributed by atoms with Crippen molar-refractivity contribution in [3.63, 3.8) is 0 Å². The number of pyridine rings is 1. The first-order valence-corrected chi connectivity index (χ1v) is 8.04. The molecule has 1 aliphatic rings. The number of benzene rings is 1. The van der Waals surface area contributed by atoms with Crippen LogP contribution in [0.25, 0.3) is 22.4 Å². The second-order valence-corrected chi connectivity index (χ2v) is 6.33. The van der Waals surface area contributed by atoms with Gasteiger partial charge in [-0.15, -0.1) is 0 Å². The quantitative estimate of drug-likeness (QED) is 0.760. The molecule has 3 heterocycles. The first-order chi connectivity index (χ1) is 11.6. The molecule has 6 nitrogen and oxygen atoms in total.